The van der Waals surface area contributed by atoms with Crippen molar-refractivity contribution in [2.45, 2.75) is 38.8 Å². The van der Waals surface area contributed by atoms with Gasteiger partial charge in [-0.3, -0.25) is 4.79 Å². The van der Waals surface area contributed by atoms with Crippen LogP contribution in [0, 0.1) is 0 Å². The van der Waals surface area contributed by atoms with E-state index in [1.807, 2.05) is 55.6 Å². The first-order chi connectivity index (χ1) is 12.7. The van der Waals surface area contributed by atoms with Gasteiger partial charge in [0.15, 0.2) is 0 Å². The lowest BCUT2D eigenvalue weighted by molar-refractivity contribution is -0.122. The summed E-state index contributed by atoms with van der Waals surface area (Å²) in [6, 6.07) is 14.0. The van der Waals surface area contributed by atoms with E-state index in [0.29, 0.717) is 6.54 Å². The fourth-order valence-corrected chi connectivity index (χ4v) is 3.31. The van der Waals surface area contributed by atoms with Crippen LogP contribution in [0.2, 0.25) is 0 Å². The zero-order chi connectivity index (χ0) is 18.4. The van der Waals surface area contributed by atoms with Crippen LogP contribution >= 0.6 is 0 Å². The van der Waals surface area contributed by atoms with Crippen molar-refractivity contribution in [1.29, 1.82) is 0 Å². The Labute approximate surface area is 155 Å². The second-order valence-electron chi connectivity index (χ2n) is 6.74. The third-order valence-electron chi connectivity index (χ3n) is 4.77. The third-order valence-corrected chi connectivity index (χ3v) is 4.77. The van der Waals surface area contributed by atoms with Crippen molar-refractivity contribution in [3.63, 3.8) is 0 Å². The highest BCUT2D eigenvalue weighted by Gasteiger charge is 2.19. The number of amides is 1. The standard InChI is InChI=1S/C21H27N3O2/c1-3-19(18-7-5-4-6-8-18)21(25)23-14-17-9-10-20(22-13-17)24-11-12-26-16(2)15-24/h4-10,13,16,19H,3,11-12,14-15H2,1-2H3,(H,23,25)/t16-,19-/m1/s1. The minimum atomic E-state index is -0.113. The molecule has 0 radical (unpaired) electrons. The zero-order valence-electron chi connectivity index (χ0n) is 15.5. The van der Waals surface area contributed by atoms with E-state index in [9.17, 15) is 4.79 Å². The van der Waals surface area contributed by atoms with Crippen molar-refractivity contribution in [3.05, 3.63) is 59.8 Å². The van der Waals surface area contributed by atoms with Crippen LogP contribution in [0.25, 0.3) is 0 Å². The smallest absolute Gasteiger partial charge is 0.227 e. The maximum absolute atomic E-state index is 12.5. The average Bonchev–Trinajstić information content (AvgIpc) is 2.68. The van der Waals surface area contributed by atoms with Gasteiger partial charge in [0.1, 0.15) is 5.82 Å². The normalized spacial score (nSPS) is 18.4. The number of nitrogens with zero attached hydrogens (tertiary/aromatic N) is 2. The zero-order valence-corrected chi connectivity index (χ0v) is 15.5. The molecule has 1 saturated heterocycles. The van der Waals surface area contributed by atoms with Crippen LogP contribution in [0.1, 0.15) is 37.3 Å². The molecule has 1 amide bonds. The van der Waals surface area contributed by atoms with Gasteiger partial charge in [0, 0.05) is 25.8 Å². The molecule has 5 nitrogen and oxygen atoms in total. The van der Waals surface area contributed by atoms with Gasteiger partial charge < -0.3 is 15.0 Å². The Morgan fingerprint density at radius 2 is 2.12 bits per heavy atom. The maximum atomic E-state index is 12.5. The SMILES string of the molecule is CC[C@@H](C(=O)NCc1ccc(N2CCO[C@H](C)C2)nc1)c1ccccc1. The van der Waals surface area contributed by atoms with Gasteiger partial charge in [-0.25, -0.2) is 4.98 Å². The molecule has 0 bridgehead atoms. The number of nitrogens with one attached hydrogen (secondary N) is 1. The lowest BCUT2D eigenvalue weighted by atomic mass is 9.95. The summed E-state index contributed by atoms with van der Waals surface area (Å²) in [5.74, 6) is 0.911. The Kier molecular flexibility index (Phi) is 6.23. The van der Waals surface area contributed by atoms with E-state index >= 15 is 0 Å². The number of rotatable bonds is 6. The molecule has 2 aromatic rings. The molecular weight excluding hydrogens is 326 g/mol. The van der Waals surface area contributed by atoms with Crippen molar-refractivity contribution >= 4 is 11.7 Å². The predicted octanol–water partition coefficient (Wildman–Crippen LogP) is 3.12. The monoisotopic (exact) mass is 353 g/mol. The molecule has 1 aromatic heterocycles. The van der Waals surface area contributed by atoms with Crippen LogP contribution in [0.3, 0.4) is 0 Å². The average molecular weight is 353 g/mol. The van der Waals surface area contributed by atoms with Gasteiger partial charge in [-0.05, 0) is 30.5 Å². The number of benzene rings is 1. The molecule has 26 heavy (non-hydrogen) atoms. The highest BCUT2D eigenvalue weighted by Crippen LogP contribution is 2.20. The number of carbonyl (C=O) groups is 1. The highest BCUT2D eigenvalue weighted by molar-refractivity contribution is 5.83. The summed E-state index contributed by atoms with van der Waals surface area (Å²) in [6.45, 7) is 7.07. The molecule has 1 fully saturated rings. The van der Waals surface area contributed by atoms with E-state index in [2.05, 4.69) is 22.1 Å². The first kappa shape index (κ1) is 18.4. The van der Waals surface area contributed by atoms with E-state index in [0.717, 1.165) is 43.1 Å². The van der Waals surface area contributed by atoms with Crippen molar-refractivity contribution in [2.75, 3.05) is 24.6 Å². The fourth-order valence-electron chi connectivity index (χ4n) is 3.31. The number of carbonyl (C=O) groups excluding carboxylic acids is 1. The van der Waals surface area contributed by atoms with Crippen molar-refractivity contribution in [1.82, 2.24) is 10.3 Å². The minimum absolute atomic E-state index is 0.0600. The lowest BCUT2D eigenvalue weighted by Gasteiger charge is -2.32. The molecule has 3 rings (SSSR count). The maximum Gasteiger partial charge on any atom is 0.227 e. The molecule has 1 aliphatic heterocycles. The molecule has 0 unspecified atom stereocenters. The summed E-state index contributed by atoms with van der Waals surface area (Å²) in [4.78, 5) is 19.3. The summed E-state index contributed by atoms with van der Waals surface area (Å²) in [7, 11) is 0. The summed E-state index contributed by atoms with van der Waals surface area (Å²) >= 11 is 0. The molecule has 1 aliphatic rings. The molecule has 1 N–H and O–H groups in total. The van der Waals surface area contributed by atoms with Gasteiger partial charge in [-0.2, -0.15) is 0 Å². The van der Waals surface area contributed by atoms with E-state index < -0.39 is 0 Å². The van der Waals surface area contributed by atoms with Crippen LogP contribution in [0.4, 0.5) is 5.82 Å². The first-order valence-electron chi connectivity index (χ1n) is 9.31. The van der Waals surface area contributed by atoms with Crippen LogP contribution in [-0.4, -0.2) is 36.7 Å². The Balaban J connectivity index is 1.56. The number of hydrogen-bond acceptors (Lipinski definition) is 4. The van der Waals surface area contributed by atoms with E-state index in [1.54, 1.807) is 0 Å². The molecule has 138 valence electrons. The van der Waals surface area contributed by atoms with E-state index in [-0.39, 0.29) is 17.9 Å². The molecule has 0 spiro atoms. The van der Waals surface area contributed by atoms with Crippen LogP contribution in [-0.2, 0) is 16.1 Å². The van der Waals surface area contributed by atoms with Crippen molar-refractivity contribution in [3.8, 4) is 0 Å². The van der Waals surface area contributed by atoms with Gasteiger partial charge in [0.2, 0.25) is 5.91 Å². The van der Waals surface area contributed by atoms with Crippen molar-refractivity contribution < 1.29 is 9.53 Å². The summed E-state index contributed by atoms with van der Waals surface area (Å²) < 4.78 is 5.57. The predicted molar refractivity (Wildman–Crippen MR) is 103 cm³/mol. The van der Waals surface area contributed by atoms with Gasteiger partial charge in [-0.1, -0.05) is 43.3 Å². The second-order valence-corrected chi connectivity index (χ2v) is 6.74. The molecule has 2 atom stereocenters. The molecule has 5 heteroatoms. The fraction of sp³-hybridized carbons (Fsp3) is 0.429. The van der Waals surface area contributed by atoms with Gasteiger partial charge in [0.25, 0.3) is 0 Å². The Bertz CT molecular complexity index is 703. The lowest BCUT2D eigenvalue weighted by Crippen LogP contribution is -2.41. The van der Waals surface area contributed by atoms with Gasteiger partial charge in [-0.15, -0.1) is 0 Å². The van der Waals surface area contributed by atoms with Crippen LogP contribution in [0.15, 0.2) is 48.7 Å². The largest absolute Gasteiger partial charge is 0.375 e. The molecule has 0 saturated carbocycles. The number of pyridine rings is 1. The highest BCUT2D eigenvalue weighted by atomic mass is 16.5. The molecule has 2 heterocycles. The molecule has 0 aliphatic carbocycles. The Hall–Kier alpha value is -2.40. The van der Waals surface area contributed by atoms with Crippen LogP contribution in [0.5, 0.6) is 0 Å². The number of morpholine rings is 1. The third kappa shape index (κ3) is 4.61. The van der Waals surface area contributed by atoms with E-state index in [4.69, 9.17) is 4.74 Å². The van der Waals surface area contributed by atoms with Crippen LogP contribution < -0.4 is 10.2 Å². The molecule has 1 aromatic carbocycles. The van der Waals surface area contributed by atoms with Crippen molar-refractivity contribution in [2.24, 2.45) is 0 Å². The quantitative estimate of drug-likeness (QED) is 0.867. The first-order valence-corrected chi connectivity index (χ1v) is 9.31. The summed E-state index contributed by atoms with van der Waals surface area (Å²) in [5.41, 5.74) is 2.06. The number of ether oxygens (including phenoxy) is 1. The summed E-state index contributed by atoms with van der Waals surface area (Å²) in [5, 5.41) is 3.04. The minimum Gasteiger partial charge on any atom is -0.375 e. The summed E-state index contributed by atoms with van der Waals surface area (Å²) in [6.07, 6.45) is 2.86. The van der Waals surface area contributed by atoms with Gasteiger partial charge in [0.05, 0.1) is 18.6 Å². The Morgan fingerprint density at radius 1 is 1.31 bits per heavy atom. The second kappa shape index (κ2) is 8.81. The number of anilines is 1. The number of aromatic nitrogens is 1. The topological polar surface area (TPSA) is 54.5 Å². The van der Waals surface area contributed by atoms with Gasteiger partial charge >= 0.3 is 0 Å². The Morgan fingerprint density at radius 3 is 2.77 bits per heavy atom. The molecular formula is C21H27N3O2. The van der Waals surface area contributed by atoms with E-state index in [1.165, 1.54) is 0 Å². The number of hydrogen-bond donors (Lipinski definition) is 1.